The van der Waals surface area contributed by atoms with Crippen LogP contribution in [-0.4, -0.2) is 40.5 Å². The van der Waals surface area contributed by atoms with Crippen LogP contribution in [0.1, 0.15) is 23.8 Å². The molecule has 5 nitrogen and oxygen atoms in total. The van der Waals surface area contributed by atoms with Gasteiger partial charge in [0.1, 0.15) is 6.54 Å². The highest BCUT2D eigenvalue weighted by Gasteiger charge is 2.31. The Labute approximate surface area is 101 Å². The summed E-state index contributed by atoms with van der Waals surface area (Å²) in [7, 11) is 0. The molecule has 0 saturated carbocycles. The zero-order chi connectivity index (χ0) is 13.8. The molecule has 0 atom stereocenters. The first-order valence-electron chi connectivity index (χ1n) is 5.22. The second-order valence-corrected chi connectivity index (χ2v) is 3.62. The smallest absolute Gasteiger partial charge is 0.405 e. The largest absolute Gasteiger partial charge is 0.476 e. The Kier molecular flexibility index (Phi) is 4.46. The molecule has 0 fully saturated rings. The fourth-order valence-electron chi connectivity index (χ4n) is 1.37. The third kappa shape index (κ3) is 4.19. The van der Waals surface area contributed by atoms with E-state index in [2.05, 4.69) is 10.2 Å². The third-order valence-corrected chi connectivity index (χ3v) is 2.06. The van der Waals surface area contributed by atoms with E-state index in [9.17, 15) is 18.0 Å². The summed E-state index contributed by atoms with van der Waals surface area (Å²) >= 11 is 0. The van der Waals surface area contributed by atoms with Crippen LogP contribution in [0.2, 0.25) is 0 Å². The van der Waals surface area contributed by atoms with Gasteiger partial charge in [-0.1, -0.05) is 6.92 Å². The molecular weight excluding hydrogens is 251 g/mol. The molecular formula is C10H12F3N3O2. The van der Waals surface area contributed by atoms with Crippen molar-refractivity contribution in [1.82, 2.24) is 10.2 Å². The predicted octanol–water partition coefficient (Wildman–Crippen LogP) is 1.95. The van der Waals surface area contributed by atoms with Gasteiger partial charge in [-0.05, 0) is 18.6 Å². The highest BCUT2D eigenvalue weighted by Crippen LogP contribution is 2.20. The van der Waals surface area contributed by atoms with Crippen molar-refractivity contribution in [3.8, 4) is 0 Å². The number of carboxylic acids is 1. The van der Waals surface area contributed by atoms with Gasteiger partial charge in [0.05, 0.1) is 0 Å². The monoisotopic (exact) mass is 263 g/mol. The topological polar surface area (TPSA) is 66.3 Å². The van der Waals surface area contributed by atoms with Crippen LogP contribution in [0.5, 0.6) is 0 Å². The lowest BCUT2D eigenvalue weighted by Crippen LogP contribution is -2.35. The van der Waals surface area contributed by atoms with E-state index in [1.165, 1.54) is 6.07 Å². The molecule has 0 aliphatic rings. The van der Waals surface area contributed by atoms with Crippen molar-refractivity contribution in [1.29, 1.82) is 0 Å². The molecule has 0 unspecified atom stereocenters. The van der Waals surface area contributed by atoms with Crippen LogP contribution in [0, 0.1) is 0 Å². The quantitative estimate of drug-likeness (QED) is 0.879. The molecule has 0 saturated heterocycles. The Balaban J connectivity index is 2.88. The van der Waals surface area contributed by atoms with Crippen molar-refractivity contribution in [2.45, 2.75) is 19.5 Å². The number of aromatic carboxylic acids is 1. The van der Waals surface area contributed by atoms with E-state index < -0.39 is 18.7 Å². The molecule has 0 aliphatic heterocycles. The van der Waals surface area contributed by atoms with E-state index >= 15 is 0 Å². The molecule has 1 rings (SSSR count). The summed E-state index contributed by atoms with van der Waals surface area (Å²) in [5.41, 5.74) is -0.304. The lowest BCUT2D eigenvalue weighted by atomic mass is 10.3. The maximum atomic E-state index is 12.3. The Morgan fingerprint density at radius 1 is 1.39 bits per heavy atom. The van der Waals surface area contributed by atoms with Gasteiger partial charge in [0.25, 0.3) is 0 Å². The molecule has 1 aromatic rings. The molecule has 0 radical (unpaired) electrons. The van der Waals surface area contributed by atoms with Crippen molar-refractivity contribution in [3.63, 3.8) is 0 Å². The number of carbonyl (C=O) groups is 1. The number of hydrogen-bond donors (Lipinski definition) is 1. The molecule has 100 valence electrons. The van der Waals surface area contributed by atoms with Gasteiger partial charge in [0.2, 0.25) is 0 Å². The third-order valence-electron chi connectivity index (χ3n) is 2.06. The molecule has 8 heteroatoms. The zero-order valence-electron chi connectivity index (χ0n) is 9.61. The standard InChI is InChI=1S/C10H12F3N3O2/c1-2-5-16(6-10(11,12)13)8-4-3-7(9(17)18)14-15-8/h3-4H,2,5-6H2,1H3,(H,17,18). The summed E-state index contributed by atoms with van der Waals surface area (Å²) in [5, 5.41) is 15.5. The van der Waals surface area contributed by atoms with Gasteiger partial charge in [-0.15, -0.1) is 10.2 Å². The number of nitrogens with zero attached hydrogens (tertiary/aromatic N) is 3. The Morgan fingerprint density at radius 3 is 2.44 bits per heavy atom. The molecule has 18 heavy (non-hydrogen) atoms. The summed E-state index contributed by atoms with van der Waals surface area (Å²) in [6.07, 6.45) is -3.83. The minimum Gasteiger partial charge on any atom is -0.476 e. The highest BCUT2D eigenvalue weighted by atomic mass is 19.4. The van der Waals surface area contributed by atoms with Gasteiger partial charge in [0, 0.05) is 6.54 Å². The summed E-state index contributed by atoms with van der Waals surface area (Å²) in [6.45, 7) is 0.769. The van der Waals surface area contributed by atoms with Crippen LogP contribution in [0.3, 0.4) is 0 Å². The number of rotatable bonds is 5. The first kappa shape index (κ1) is 14.2. The van der Waals surface area contributed by atoms with Crippen LogP contribution in [0.25, 0.3) is 0 Å². The molecule has 0 bridgehead atoms. The van der Waals surface area contributed by atoms with Crippen LogP contribution in [0.15, 0.2) is 12.1 Å². The SMILES string of the molecule is CCCN(CC(F)(F)F)c1ccc(C(=O)O)nn1. The average molecular weight is 263 g/mol. The summed E-state index contributed by atoms with van der Waals surface area (Å²) in [5.74, 6) is -1.26. The van der Waals surface area contributed by atoms with E-state index in [0.717, 1.165) is 11.0 Å². The lowest BCUT2D eigenvalue weighted by Gasteiger charge is -2.23. The van der Waals surface area contributed by atoms with Gasteiger partial charge < -0.3 is 10.0 Å². The van der Waals surface area contributed by atoms with Crippen LogP contribution in [-0.2, 0) is 0 Å². The van der Waals surface area contributed by atoms with E-state index in [1.54, 1.807) is 6.92 Å². The van der Waals surface area contributed by atoms with Crippen molar-refractivity contribution in [2.24, 2.45) is 0 Å². The van der Waals surface area contributed by atoms with Gasteiger partial charge in [-0.3, -0.25) is 0 Å². The highest BCUT2D eigenvalue weighted by molar-refractivity contribution is 5.85. The molecule has 0 aliphatic carbocycles. The van der Waals surface area contributed by atoms with Crippen LogP contribution in [0.4, 0.5) is 19.0 Å². The Hall–Kier alpha value is -1.86. The van der Waals surface area contributed by atoms with Crippen LogP contribution >= 0.6 is 0 Å². The maximum absolute atomic E-state index is 12.3. The van der Waals surface area contributed by atoms with Crippen LogP contribution < -0.4 is 4.90 Å². The maximum Gasteiger partial charge on any atom is 0.405 e. The number of alkyl halides is 3. The number of carboxylic acid groups (broad SMARTS) is 1. The van der Waals surface area contributed by atoms with Crippen molar-refractivity contribution in [2.75, 3.05) is 18.0 Å². The fraction of sp³-hybridized carbons (Fsp3) is 0.500. The van der Waals surface area contributed by atoms with Crippen molar-refractivity contribution >= 4 is 11.8 Å². The first-order valence-corrected chi connectivity index (χ1v) is 5.22. The minimum atomic E-state index is -4.34. The molecule has 0 spiro atoms. The van der Waals surface area contributed by atoms with E-state index in [-0.39, 0.29) is 18.1 Å². The molecule has 1 heterocycles. The molecule has 1 aromatic heterocycles. The Bertz CT molecular complexity index is 406. The van der Waals surface area contributed by atoms with Gasteiger partial charge in [0.15, 0.2) is 11.5 Å². The van der Waals surface area contributed by atoms with E-state index in [1.807, 2.05) is 0 Å². The zero-order valence-corrected chi connectivity index (χ0v) is 9.61. The van der Waals surface area contributed by atoms with Crippen molar-refractivity contribution in [3.05, 3.63) is 17.8 Å². The Morgan fingerprint density at radius 2 is 2.06 bits per heavy atom. The number of hydrogen-bond acceptors (Lipinski definition) is 4. The summed E-state index contributed by atoms with van der Waals surface area (Å²) < 4.78 is 37.0. The fourth-order valence-corrected chi connectivity index (χ4v) is 1.37. The average Bonchev–Trinajstić information content (AvgIpc) is 2.27. The second-order valence-electron chi connectivity index (χ2n) is 3.62. The van der Waals surface area contributed by atoms with E-state index in [4.69, 9.17) is 5.11 Å². The lowest BCUT2D eigenvalue weighted by molar-refractivity contribution is -0.119. The normalized spacial score (nSPS) is 11.3. The minimum absolute atomic E-state index is 0.0131. The predicted molar refractivity (Wildman–Crippen MR) is 57.6 cm³/mol. The number of anilines is 1. The summed E-state index contributed by atoms with van der Waals surface area (Å²) in [4.78, 5) is 11.6. The second kappa shape index (κ2) is 5.65. The molecule has 0 amide bonds. The first-order chi connectivity index (χ1) is 8.33. The number of aromatic nitrogens is 2. The molecule has 0 aromatic carbocycles. The molecule has 1 N–H and O–H groups in total. The van der Waals surface area contributed by atoms with Gasteiger partial charge in [-0.25, -0.2) is 4.79 Å². The van der Waals surface area contributed by atoms with Gasteiger partial charge in [-0.2, -0.15) is 13.2 Å². The summed E-state index contributed by atoms with van der Waals surface area (Å²) in [6, 6.07) is 2.35. The van der Waals surface area contributed by atoms with Gasteiger partial charge >= 0.3 is 12.1 Å². The van der Waals surface area contributed by atoms with Crippen molar-refractivity contribution < 1.29 is 23.1 Å². The number of halogens is 3. The van der Waals surface area contributed by atoms with E-state index in [0.29, 0.717) is 6.42 Å².